The number of aromatic amines is 1. The van der Waals surface area contributed by atoms with Gasteiger partial charge in [-0.25, -0.2) is 9.78 Å². The van der Waals surface area contributed by atoms with Gasteiger partial charge in [-0.1, -0.05) is 32.0 Å². The van der Waals surface area contributed by atoms with Gasteiger partial charge in [0, 0.05) is 22.0 Å². The summed E-state index contributed by atoms with van der Waals surface area (Å²) >= 11 is 1.10. The van der Waals surface area contributed by atoms with E-state index in [9.17, 15) is 9.59 Å². The highest BCUT2D eigenvalue weighted by molar-refractivity contribution is 7.14. The molecule has 0 amide bonds. The number of fused-ring (bicyclic) bond motifs is 1. The normalized spacial score (nSPS) is 10.1. The second kappa shape index (κ2) is 6.53. The van der Waals surface area contributed by atoms with E-state index in [1.165, 1.54) is 0 Å². The monoisotopic (exact) mass is 316 g/mol. The van der Waals surface area contributed by atoms with Crippen molar-refractivity contribution in [2.75, 3.05) is 0 Å². The van der Waals surface area contributed by atoms with E-state index in [0.29, 0.717) is 10.4 Å². The maximum atomic E-state index is 12.4. The van der Waals surface area contributed by atoms with Gasteiger partial charge in [0.05, 0.1) is 5.56 Å². The number of carbonyl (C=O) groups is 2. The summed E-state index contributed by atoms with van der Waals surface area (Å²) in [6.45, 7) is 5.65. The van der Waals surface area contributed by atoms with Crippen LogP contribution in [0, 0.1) is 6.92 Å². The van der Waals surface area contributed by atoms with Crippen LogP contribution >= 0.6 is 11.3 Å². The van der Waals surface area contributed by atoms with Gasteiger partial charge in [0.15, 0.2) is 10.7 Å². The number of hydrogen-bond donors (Lipinski definition) is 2. The van der Waals surface area contributed by atoms with Crippen molar-refractivity contribution in [3.63, 3.8) is 0 Å². The fourth-order valence-corrected chi connectivity index (χ4v) is 2.93. The Bertz CT molecular complexity index is 833. The highest BCUT2D eigenvalue weighted by Crippen LogP contribution is 2.24. The maximum Gasteiger partial charge on any atom is 0.355 e. The fraction of sp³-hybridized carbons (Fsp3) is 0.188. The van der Waals surface area contributed by atoms with Crippen LogP contribution in [0.4, 0.5) is 0 Å². The summed E-state index contributed by atoms with van der Waals surface area (Å²) in [5.41, 5.74) is 1.31. The summed E-state index contributed by atoms with van der Waals surface area (Å²) in [5.74, 6) is -1.38. The van der Waals surface area contributed by atoms with Gasteiger partial charge in [0.1, 0.15) is 0 Å². The molecule has 0 saturated heterocycles. The third kappa shape index (κ3) is 2.78. The number of rotatable bonds is 3. The van der Waals surface area contributed by atoms with Crippen LogP contribution < -0.4 is 0 Å². The smallest absolute Gasteiger partial charge is 0.355 e. The van der Waals surface area contributed by atoms with Crippen LogP contribution in [0.25, 0.3) is 10.9 Å². The molecule has 0 fully saturated rings. The zero-order valence-electron chi connectivity index (χ0n) is 12.5. The Morgan fingerprint density at radius 2 is 1.91 bits per heavy atom. The molecule has 0 saturated carbocycles. The van der Waals surface area contributed by atoms with Crippen molar-refractivity contribution in [2.45, 2.75) is 20.8 Å². The number of aromatic nitrogens is 2. The number of nitrogens with one attached hydrogen (secondary N) is 1. The number of aryl methyl sites for hydroxylation is 1. The first-order valence-corrected chi connectivity index (χ1v) is 7.71. The van der Waals surface area contributed by atoms with Crippen molar-refractivity contribution in [1.29, 1.82) is 0 Å². The highest BCUT2D eigenvalue weighted by Gasteiger charge is 2.21. The van der Waals surface area contributed by atoms with Gasteiger partial charge in [0.25, 0.3) is 0 Å². The number of hydrogen-bond acceptors (Lipinski definition) is 4. The predicted octanol–water partition coefficient (Wildman–Crippen LogP) is 3.89. The maximum absolute atomic E-state index is 12.4. The van der Waals surface area contributed by atoms with Crippen LogP contribution in [0.15, 0.2) is 30.5 Å². The van der Waals surface area contributed by atoms with Gasteiger partial charge in [-0.05, 0) is 13.0 Å². The molecule has 1 aromatic carbocycles. The van der Waals surface area contributed by atoms with E-state index in [4.69, 9.17) is 5.11 Å². The molecule has 0 atom stereocenters. The summed E-state index contributed by atoms with van der Waals surface area (Å²) in [4.78, 5) is 30.9. The summed E-state index contributed by atoms with van der Waals surface area (Å²) in [7, 11) is 0. The average Bonchev–Trinajstić information content (AvgIpc) is 3.12. The number of benzene rings is 1. The van der Waals surface area contributed by atoms with Crippen molar-refractivity contribution < 1.29 is 14.7 Å². The Labute approximate surface area is 131 Å². The van der Waals surface area contributed by atoms with Crippen molar-refractivity contribution in [3.05, 3.63) is 51.6 Å². The molecule has 0 aliphatic rings. The molecule has 0 unspecified atom stereocenters. The summed E-state index contributed by atoms with van der Waals surface area (Å²) in [5, 5.41) is 10.00. The molecule has 114 valence electrons. The second-order valence-corrected chi connectivity index (χ2v) is 5.51. The lowest BCUT2D eigenvalue weighted by molar-refractivity contribution is 0.0690. The van der Waals surface area contributed by atoms with Gasteiger partial charge in [-0.15, -0.1) is 11.3 Å². The quantitative estimate of drug-likeness (QED) is 0.718. The summed E-state index contributed by atoms with van der Waals surface area (Å²) in [6, 6.07) is 7.45. The Morgan fingerprint density at radius 1 is 1.23 bits per heavy atom. The minimum Gasteiger partial charge on any atom is -0.476 e. The molecule has 0 aliphatic carbocycles. The predicted molar refractivity (Wildman–Crippen MR) is 86.9 cm³/mol. The van der Waals surface area contributed by atoms with Gasteiger partial charge in [-0.2, -0.15) is 0 Å². The molecule has 2 heterocycles. The average molecular weight is 316 g/mol. The van der Waals surface area contributed by atoms with Crippen LogP contribution in [0.2, 0.25) is 0 Å². The molecule has 3 rings (SSSR count). The Balaban J connectivity index is 0.000000847. The van der Waals surface area contributed by atoms with Gasteiger partial charge in [0.2, 0.25) is 5.78 Å². The zero-order chi connectivity index (χ0) is 16.3. The fourth-order valence-electron chi connectivity index (χ4n) is 2.07. The molecule has 6 heteroatoms. The molecule has 5 nitrogen and oxygen atoms in total. The summed E-state index contributed by atoms with van der Waals surface area (Å²) in [6.07, 6.45) is 1.63. The first-order chi connectivity index (χ1) is 10.6. The van der Waals surface area contributed by atoms with Crippen molar-refractivity contribution >= 4 is 34.0 Å². The van der Waals surface area contributed by atoms with E-state index in [1.807, 2.05) is 38.1 Å². The lowest BCUT2D eigenvalue weighted by Gasteiger charge is -1.94. The topological polar surface area (TPSA) is 83.0 Å². The molecule has 0 aliphatic heterocycles. The molecule has 0 radical (unpaired) electrons. The van der Waals surface area contributed by atoms with E-state index < -0.39 is 5.97 Å². The Kier molecular flexibility index (Phi) is 4.72. The van der Waals surface area contributed by atoms with Crippen molar-refractivity contribution in [1.82, 2.24) is 9.97 Å². The van der Waals surface area contributed by atoms with E-state index in [-0.39, 0.29) is 16.5 Å². The van der Waals surface area contributed by atoms with Gasteiger partial charge in [-0.3, -0.25) is 4.79 Å². The standard InChI is InChI=1S/C14H10N2O3S.C2H6/c1-7-11(14(18)19)16-13(20-7)12(17)9-6-15-10-5-3-2-4-8(9)10;1-2/h2-6,15H,1H3,(H,18,19);1-2H3. The molecular weight excluding hydrogens is 300 g/mol. The van der Waals surface area contributed by atoms with Crippen LogP contribution in [0.1, 0.15) is 44.6 Å². The van der Waals surface area contributed by atoms with Crippen molar-refractivity contribution in [2.24, 2.45) is 0 Å². The van der Waals surface area contributed by atoms with E-state index >= 15 is 0 Å². The van der Waals surface area contributed by atoms with Crippen LogP contribution in [-0.4, -0.2) is 26.8 Å². The lowest BCUT2D eigenvalue weighted by atomic mass is 10.1. The summed E-state index contributed by atoms with van der Waals surface area (Å²) < 4.78 is 0. The number of aromatic carboxylic acids is 1. The molecule has 22 heavy (non-hydrogen) atoms. The second-order valence-electron chi connectivity index (χ2n) is 4.31. The minimum absolute atomic E-state index is 0.0572. The minimum atomic E-state index is -1.11. The first kappa shape index (κ1) is 15.9. The lowest BCUT2D eigenvalue weighted by Crippen LogP contribution is -2.03. The van der Waals surface area contributed by atoms with E-state index in [1.54, 1.807) is 13.1 Å². The molecular formula is C16H16N2O3S. The molecule has 2 N–H and O–H groups in total. The molecule has 2 aromatic heterocycles. The van der Waals surface area contributed by atoms with E-state index in [0.717, 1.165) is 22.2 Å². The Morgan fingerprint density at radius 3 is 2.55 bits per heavy atom. The van der Waals surface area contributed by atoms with Gasteiger partial charge < -0.3 is 10.1 Å². The third-order valence-electron chi connectivity index (χ3n) is 3.03. The van der Waals surface area contributed by atoms with Crippen LogP contribution in [0.5, 0.6) is 0 Å². The number of para-hydroxylation sites is 1. The number of thiazole rings is 1. The Hall–Kier alpha value is -2.47. The third-order valence-corrected chi connectivity index (χ3v) is 4.00. The molecule has 0 spiro atoms. The number of carbonyl (C=O) groups excluding carboxylic acids is 1. The number of carboxylic acid groups (broad SMARTS) is 1. The SMILES string of the molecule is CC.Cc1sc(C(=O)c2c[nH]c3ccccc23)nc1C(=O)O. The van der Waals surface area contributed by atoms with Crippen LogP contribution in [0.3, 0.4) is 0 Å². The molecule has 3 aromatic rings. The number of ketones is 1. The van der Waals surface area contributed by atoms with Crippen molar-refractivity contribution in [3.8, 4) is 0 Å². The zero-order valence-corrected chi connectivity index (χ0v) is 13.3. The van der Waals surface area contributed by atoms with Gasteiger partial charge >= 0.3 is 5.97 Å². The number of carboxylic acids is 1. The largest absolute Gasteiger partial charge is 0.476 e. The first-order valence-electron chi connectivity index (χ1n) is 6.89. The molecule has 0 bridgehead atoms. The van der Waals surface area contributed by atoms with E-state index in [2.05, 4.69) is 9.97 Å². The number of nitrogens with zero attached hydrogens (tertiary/aromatic N) is 1. The van der Waals surface area contributed by atoms with Crippen LogP contribution in [-0.2, 0) is 0 Å². The highest BCUT2D eigenvalue weighted by atomic mass is 32.1. The number of H-pyrrole nitrogens is 1.